The van der Waals surface area contributed by atoms with Crippen molar-refractivity contribution < 1.29 is 13.6 Å². The summed E-state index contributed by atoms with van der Waals surface area (Å²) in [6.07, 6.45) is 2.57. The molecule has 4 nitrogen and oxygen atoms in total. The van der Waals surface area contributed by atoms with Crippen LogP contribution in [0.4, 0.5) is 0 Å². The van der Waals surface area contributed by atoms with Crippen molar-refractivity contribution in [3.63, 3.8) is 0 Å². The summed E-state index contributed by atoms with van der Waals surface area (Å²) in [6.45, 7) is 29.1. The van der Waals surface area contributed by atoms with E-state index in [1.54, 1.807) is 0 Å². The Bertz CT molecular complexity index is 677. The zero-order valence-corrected chi connectivity index (χ0v) is 23.3. The van der Waals surface area contributed by atoms with Crippen molar-refractivity contribution >= 4 is 22.5 Å². The molecular weight excluding hydrogens is 406 g/mol. The predicted octanol–water partition coefficient (Wildman–Crippen LogP) is 5.83. The molecule has 1 amide bonds. The summed E-state index contributed by atoms with van der Waals surface area (Å²) in [5.74, 6) is 6.30. The van der Waals surface area contributed by atoms with Crippen LogP contribution >= 0.6 is 0 Å². The lowest BCUT2D eigenvalue weighted by Crippen LogP contribution is -2.65. The molecule has 1 heterocycles. The molecule has 0 aromatic carbocycles. The topological polar surface area (TPSA) is 38.8 Å². The lowest BCUT2D eigenvalue weighted by Gasteiger charge is -2.50. The number of rotatable bonds is 8. The third kappa shape index (κ3) is 6.32. The summed E-state index contributed by atoms with van der Waals surface area (Å²) in [5, 5.41) is 0.294. The highest BCUT2D eigenvalue weighted by Crippen LogP contribution is 2.41. The molecule has 30 heavy (non-hydrogen) atoms. The second-order valence-electron chi connectivity index (χ2n) is 11.6. The first-order valence-electron chi connectivity index (χ1n) is 11.1. The average Bonchev–Trinajstić information content (AvgIpc) is 2.55. The van der Waals surface area contributed by atoms with E-state index in [2.05, 4.69) is 93.1 Å². The van der Waals surface area contributed by atoms with Gasteiger partial charge in [0.05, 0.1) is 31.2 Å². The van der Waals surface area contributed by atoms with E-state index in [9.17, 15) is 4.79 Å². The highest BCUT2D eigenvalue weighted by Gasteiger charge is 2.51. The Balaban J connectivity index is 2.73. The standard InChI is InChI=1S/C24H45NO3Si2/c1-13-16-20-21(19(2)28-30(11,12)24(6,7)8)22(26)25(20)17-14-15-18-27-29(9,10)23(3,4)5/h13,19-21H,1,16-18H2,2-12H3/t19-,20-,21-/m1/s1. The van der Waals surface area contributed by atoms with Crippen LogP contribution in [0.1, 0.15) is 54.9 Å². The molecule has 0 spiro atoms. The van der Waals surface area contributed by atoms with Gasteiger partial charge in [-0.2, -0.15) is 0 Å². The fourth-order valence-corrected chi connectivity index (χ4v) is 5.42. The lowest BCUT2D eigenvalue weighted by molar-refractivity contribution is -0.161. The molecule has 1 aliphatic rings. The van der Waals surface area contributed by atoms with E-state index >= 15 is 0 Å². The Kier molecular flexibility index (Phi) is 8.80. The van der Waals surface area contributed by atoms with Gasteiger partial charge in [0.1, 0.15) is 0 Å². The Hall–Kier alpha value is -0.876. The molecule has 172 valence electrons. The van der Waals surface area contributed by atoms with Gasteiger partial charge in [-0.05, 0) is 49.6 Å². The number of amides is 1. The predicted molar refractivity (Wildman–Crippen MR) is 132 cm³/mol. The average molecular weight is 452 g/mol. The lowest BCUT2D eigenvalue weighted by atomic mass is 9.81. The van der Waals surface area contributed by atoms with Gasteiger partial charge >= 0.3 is 0 Å². The van der Waals surface area contributed by atoms with Crippen LogP contribution in [0.2, 0.25) is 36.3 Å². The SMILES string of the molecule is C=CC[C@@H]1[C@@H]([C@@H](C)O[Si](C)(C)C(C)(C)C)C(=O)N1CC#CCO[Si](C)(C)C(C)(C)C. The third-order valence-corrected chi connectivity index (χ3v) is 16.3. The first-order chi connectivity index (χ1) is 13.5. The van der Waals surface area contributed by atoms with Crippen molar-refractivity contribution in [3.8, 4) is 11.8 Å². The zero-order valence-electron chi connectivity index (χ0n) is 21.3. The van der Waals surface area contributed by atoms with E-state index < -0.39 is 16.6 Å². The van der Waals surface area contributed by atoms with Crippen molar-refractivity contribution in [2.24, 2.45) is 5.92 Å². The molecule has 0 radical (unpaired) electrons. The molecule has 0 unspecified atom stereocenters. The summed E-state index contributed by atoms with van der Waals surface area (Å²) in [5.41, 5.74) is 0. The van der Waals surface area contributed by atoms with E-state index in [0.717, 1.165) is 6.42 Å². The van der Waals surface area contributed by atoms with Gasteiger partial charge in [-0.3, -0.25) is 4.79 Å². The van der Waals surface area contributed by atoms with Crippen LogP contribution in [0.15, 0.2) is 12.7 Å². The fourth-order valence-electron chi connectivity index (χ4n) is 3.12. The first kappa shape index (κ1) is 27.2. The molecule has 6 heteroatoms. The molecule has 0 N–H and O–H groups in total. The normalized spacial score (nSPS) is 21.6. The van der Waals surface area contributed by atoms with E-state index in [0.29, 0.717) is 13.2 Å². The van der Waals surface area contributed by atoms with Crippen LogP contribution in [0.5, 0.6) is 0 Å². The van der Waals surface area contributed by atoms with Crippen molar-refractivity contribution in [1.82, 2.24) is 4.90 Å². The monoisotopic (exact) mass is 451 g/mol. The van der Waals surface area contributed by atoms with Gasteiger partial charge in [0.2, 0.25) is 5.91 Å². The van der Waals surface area contributed by atoms with Crippen molar-refractivity contribution in [2.75, 3.05) is 13.2 Å². The summed E-state index contributed by atoms with van der Waals surface area (Å²) >= 11 is 0. The number of hydrogen-bond donors (Lipinski definition) is 0. The molecule has 1 aliphatic heterocycles. The first-order valence-corrected chi connectivity index (χ1v) is 17.0. The minimum Gasteiger partial charge on any atom is -0.413 e. The summed E-state index contributed by atoms with van der Waals surface area (Å²) in [6, 6.07) is 0.116. The quantitative estimate of drug-likeness (QED) is 0.202. The molecule has 3 atom stereocenters. The molecule has 1 rings (SSSR count). The number of hydrogen-bond acceptors (Lipinski definition) is 3. The molecule has 0 saturated carbocycles. The number of likely N-dealkylation sites (tertiary alicyclic amines) is 1. The second kappa shape index (κ2) is 9.73. The highest BCUT2D eigenvalue weighted by atomic mass is 28.4. The molecule has 0 aromatic rings. The maximum absolute atomic E-state index is 12.9. The van der Waals surface area contributed by atoms with E-state index in [4.69, 9.17) is 8.85 Å². The molecule has 1 saturated heterocycles. The summed E-state index contributed by atoms with van der Waals surface area (Å²) < 4.78 is 12.6. The third-order valence-electron chi connectivity index (χ3n) is 7.27. The number of carbonyl (C=O) groups excluding carboxylic acids is 1. The number of carbonyl (C=O) groups is 1. The van der Waals surface area contributed by atoms with Crippen molar-refractivity contribution in [1.29, 1.82) is 0 Å². The Morgan fingerprint density at radius 2 is 1.60 bits per heavy atom. The minimum absolute atomic E-state index is 0.0885. The summed E-state index contributed by atoms with van der Waals surface area (Å²) in [4.78, 5) is 14.8. The Morgan fingerprint density at radius 3 is 2.07 bits per heavy atom. The summed E-state index contributed by atoms with van der Waals surface area (Å²) in [7, 11) is -3.71. The van der Waals surface area contributed by atoms with Gasteiger partial charge in [0.25, 0.3) is 0 Å². The van der Waals surface area contributed by atoms with Crippen LogP contribution in [0.25, 0.3) is 0 Å². The molecule has 0 aliphatic carbocycles. The van der Waals surface area contributed by atoms with E-state index in [-0.39, 0.29) is 34.0 Å². The fraction of sp³-hybridized carbons (Fsp3) is 0.792. The van der Waals surface area contributed by atoms with Crippen LogP contribution in [-0.2, 0) is 13.6 Å². The number of nitrogens with zero attached hydrogens (tertiary/aromatic N) is 1. The smallest absolute Gasteiger partial charge is 0.231 e. The van der Waals surface area contributed by atoms with E-state index in [1.165, 1.54) is 0 Å². The molecular formula is C24H45NO3Si2. The number of β-lactam (4-membered cyclic amide) rings is 1. The largest absolute Gasteiger partial charge is 0.413 e. The van der Waals surface area contributed by atoms with Crippen LogP contribution in [0.3, 0.4) is 0 Å². The Morgan fingerprint density at radius 1 is 1.07 bits per heavy atom. The Labute approximate surface area is 188 Å². The maximum atomic E-state index is 12.9. The minimum atomic E-state index is -1.92. The van der Waals surface area contributed by atoms with E-state index in [1.807, 2.05) is 11.0 Å². The van der Waals surface area contributed by atoms with Crippen LogP contribution in [0, 0.1) is 17.8 Å². The van der Waals surface area contributed by atoms with Crippen molar-refractivity contribution in [3.05, 3.63) is 12.7 Å². The van der Waals surface area contributed by atoms with Crippen molar-refractivity contribution in [2.45, 2.75) is 103 Å². The van der Waals surface area contributed by atoms with Gasteiger partial charge in [-0.1, -0.05) is 59.5 Å². The maximum Gasteiger partial charge on any atom is 0.231 e. The van der Waals surface area contributed by atoms with Gasteiger partial charge in [0.15, 0.2) is 16.6 Å². The molecule has 1 fully saturated rings. The molecule has 0 aromatic heterocycles. The molecule has 0 bridgehead atoms. The highest BCUT2D eigenvalue weighted by molar-refractivity contribution is 6.74. The van der Waals surface area contributed by atoms with Gasteiger partial charge in [-0.25, -0.2) is 0 Å². The second-order valence-corrected chi connectivity index (χ2v) is 21.1. The zero-order chi connectivity index (χ0) is 23.5. The van der Waals surface area contributed by atoms with Gasteiger partial charge < -0.3 is 13.8 Å². The van der Waals surface area contributed by atoms with Crippen LogP contribution < -0.4 is 0 Å². The van der Waals surface area contributed by atoms with Gasteiger partial charge in [-0.15, -0.1) is 6.58 Å². The van der Waals surface area contributed by atoms with Crippen LogP contribution in [-0.4, -0.2) is 52.7 Å². The van der Waals surface area contributed by atoms with Gasteiger partial charge in [0, 0.05) is 0 Å².